The molecule has 6 heteroatoms. The Kier molecular flexibility index (Phi) is 4.73. The Labute approximate surface area is 141 Å². The number of likely N-dealkylation sites (N-methyl/N-ethyl adjacent to an activating group) is 1. The summed E-state index contributed by atoms with van der Waals surface area (Å²) in [5.41, 5.74) is 0.947. The second-order valence-corrected chi connectivity index (χ2v) is 7.87. The average Bonchev–Trinajstić information content (AvgIpc) is 3.08. The summed E-state index contributed by atoms with van der Waals surface area (Å²) >= 11 is 1.68. The van der Waals surface area contributed by atoms with Gasteiger partial charge in [-0.3, -0.25) is 9.59 Å². The molecule has 1 saturated heterocycles. The van der Waals surface area contributed by atoms with Gasteiger partial charge in [0.25, 0.3) is 0 Å². The van der Waals surface area contributed by atoms with Crippen molar-refractivity contribution >= 4 is 28.8 Å². The van der Waals surface area contributed by atoms with E-state index in [4.69, 9.17) is 0 Å². The lowest BCUT2D eigenvalue weighted by Gasteiger charge is -2.25. The number of thiophene rings is 1. The molecule has 0 saturated carbocycles. The van der Waals surface area contributed by atoms with E-state index >= 15 is 0 Å². The van der Waals surface area contributed by atoms with E-state index in [2.05, 4.69) is 25.9 Å². The number of rotatable bonds is 3. The SMILES string of the molecule is CC1CN(C(=O)CN2C(=O)CCCc3sccc32)CC1N(C)C. The molecule has 0 radical (unpaired) electrons. The van der Waals surface area contributed by atoms with Gasteiger partial charge in [-0.25, -0.2) is 0 Å². The second kappa shape index (κ2) is 6.61. The van der Waals surface area contributed by atoms with Crippen molar-refractivity contribution in [3.05, 3.63) is 16.3 Å². The van der Waals surface area contributed by atoms with Gasteiger partial charge in [0.05, 0.1) is 5.69 Å². The number of hydrogen-bond acceptors (Lipinski definition) is 4. The Morgan fingerprint density at radius 1 is 1.35 bits per heavy atom. The van der Waals surface area contributed by atoms with Crippen molar-refractivity contribution in [1.82, 2.24) is 9.80 Å². The monoisotopic (exact) mass is 335 g/mol. The summed E-state index contributed by atoms with van der Waals surface area (Å²) in [6.45, 7) is 3.90. The Balaban J connectivity index is 1.72. The standard InChI is InChI=1S/C17H25N3O2S/c1-12-9-19(10-14(12)18(2)3)17(22)11-20-13-7-8-23-15(13)5-4-6-16(20)21/h7-8,12,14H,4-6,9-11H2,1-3H3. The molecule has 23 heavy (non-hydrogen) atoms. The Hall–Kier alpha value is -1.40. The van der Waals surface area contributed by atoms with E-state index < -0.39 is 0 Å². The van der Waals surface area contributed by atoms with Gasteiger partial charge in [0.2, 0.25) is 11.8 Å². The number of likely N-dealkylation sites (tertiary alicyclic amines) is 1. The third-order valence-corrected chi connectivity index (χ3v) is 5.96. The minimum atomic E-state index is 0.0635. The van der Waals surface area contributed by atoms with Gasteiger partial charge >= 0.3 is 0 Å². The molecule has 0 aromatic carbocycles. The van der Waals surface area contributed by atoms with Crippen LogP contribution in [0, 0.1) is 5.92 Å². The number of fused-ring (bicyclic) bond motifs is 1. The van der Waals surface area contributed by atoms with E-state index in [0.717, 1.165) is 31.6 Å². The molecular weight excluding hydrogens is 310 g/mol. The molecule has 2 aliphatic rings. The molecule has 3 rings (SSSR count). The minimum absolute atomic E-state index is 0.0635. The highest BCUT2D eigenvalue weighted by Gasteiger charge is 2.35. The van der Waals surface area contributed by atoms with E-state index in [0.29, 0.717) is 18.4 Å². The van der Waals surface area contributed by atoms with Gasteiger partial charge in [0, 0.05) is 30.4 Å². The van der Waals surface area contributed by atoms with Gasteiger partial charge in [-0.15, -0.1) is 11.3 Å². The zero-order chi connectivity index (χ0) is 16.6. The zero-order valence-electron chi connectivity index (χ0n) is 14.1. The number of amides is 2. The second-order valence-electron chi connectivity index (χ2n) is 6.87. The summed E-state index contributed by atoms with van der Waals surface area (Å²) in [6, 6.07) is 2.38. The number of nitrogens with zero attached hydrogens (tertiary/aromatic N) is 3. The molecule has 2 aliphatic heterocycles. The summed E-state index contributed by atoms with van der Waals surface area (Å²) < 4.78 is 0. The molecule has 2 amide bonds. The van der Waals surface area contributed by atoms with Crippen molar-refractivity contribution in [1.29, 1.82) is 0 Å². The van der Waals surface area contributed by atoms with Crippen LogP contribution in [0.15, 0.2) is 11.4 Å². The third kappa shape index (κ3) is 3.28. The molecule has 1 aromatic rings. The van der Waals surface area contributed by atoms with Gasteiger partial charge in [-0.1, -0.05) is 6.92 Å². The molecule has 1 aromatic heterocycles. The summed E-state index contributed by atoms with van der Waals surface area (Å²) in [7, 11) is 4.12. The minimum Gasteiger partial charge on any atom is -0.339 e. The highest BCUT2D eigenvalue weighted by Crippen LogP contribution is 2.31. The first kappa shape index (κ1) is 16.5. The quantitative estimate of drug-likeness (QED) is 0.846. The summed E-state index contributed by atoms with van der Waals surface area (Å²) in [5.74, 6) is 0.603. The summed E-state index contributed by atoms with van der Waals surface area (Å²) in [5, 5.41) is 2.01. The van der Waals surface area contributed by atoms with Crippen molar-refractivity contribution in [3.63, 3.8) is 0 Å². The van der Waals surface area contributed by atoms with Gasteiger partial charge < -0.3 is 14.7 Å². The molecule has 2 unspecified atom stereocenters. The van der Waals surface area contributed by atoms with Crippen LogP contribution in [0.5, 0.6) is 0 Å². The van der Waals surface area contributed by atoms with Crippen LogP contribution in [-0.4, -0.2) is 61.4 Å². The average molecular weight is 335 g/mol. The normalized spacial score (nSPS) is 25.0. The largest absolute Gasteiger partial charge is 0.339 e. The molecule has 0 N–H and O–H groups in total. The Morgan fingerprint density at radius 3 is 2.83 bits per heavy atom. The van der Waals surface area contributed by atoms with Crippen molar-refractivity contribution in [2.75, 3.05) is 38.6 Å². The number of carbonyl (C=O) groups is 2. The fraction of sp³-hybridized carbons (Fsp3) is 0.647. The summed E-state index contributed by atoms with van der Waals surface area (Å²) in [4.78, 5) is 32.2. The topological polar surface area (TPSA) is 43.9 Å². The lowest BCUT2D eigenvalue weighted by Crippen LogP contribution is -2.43. The van der Waals surface area contributed by atoms with E-state index in [1.165, 1.54) is 4.88 Å². The molecule has 5 nitrogen and oxygen atoms in total. The molecule has 3 heterocycles. The predicted molar refractivity (Wildman–Crippen MR) is 92.8 cm³/mol. The predicted octanol–water partition coefficient (Wildman–Crippen LogP) is 1.83. The zero-order valence-corrected chi connectivity index (χ0v) is 14.9. The molecular formula is C17H25N3O2S. The van der Waals surface area contributed by atoms with E-state index in [9.17, 15) is 9.59 Å². The van der Waals surface area contributed by atoms with Crippen LogP contribution in [0.25, 0.3) is 0 Å². The van der Waals surface area contributed by atoms with Crippen molar-refractivity contribution in [2.24, 2.45) is 5.92 Å². The molecule has 126 valence electrons. The lowest BCUT2D eigenvalue weighted by molar-refractivity contribution is -0.130. The van der Waals surface area contributed by atoms with Crippen LogP contribution in [0.3, 0.4) is 0 Å². The highest BCUT2D eigenvalue weighted by molar-refractivity contribution is 7.10. The summed E-state index contributed by atoms with van der Waals surface area (Å²) in [6.07, 6.45) is 2.35. The number of anilines is 1. The maximum absolute atomic E-state index is 12.7. The molecule has 0 bridgehead atoms. The van der Waals surface area contributed by atoms with Gasteiger partial charge in [0.1, 0.15) is 6.54 Å². The van der Waals surface area contributed by atoms with Gasteiger partial charge in [-0.05, 0) is 44.3 Å². The highest BCUT2D eigenvalue weighted by atomic mass is 32.1. The maximum Gasteiger partial charge on any atom is 0.242 e. The van der Waals surface area contributed by atoms with Crippen molar-refractivity contribution in [2.45, 2.75) is 32.2 Å². The van der Waals surface area contributed by atoms with Gasteiger partial charge in [0.15, 0.2) is 0 Å². The van der Waals surface area contributed by atoms with Crippen LogP contribution in [-0.2, 0) is 16.0 Å². The van der Waals surface area contributed by atoms with Crippen LogP contribution in [0.1, 0.15) is 24.6 Å². The molecule has 0 spiro atoms. The van der Waals surface area contributed by atoms with Crippen LogP contribution in [0.4, 0.5) is 5.69 Å². The number of hydrogen-bond donors (Lipinski definition) is 0. The Morgan fingerprint density at radius 2 is 2.13 bits per heavy atom. The first-order valence-corrected chi connectivity index (χ1v) is 9.16. The maximum atomic E-state index is 12.7. The third-order valence-electron chi connectivity index (χ3n) is 4.99. The first-order valence-electron chi connectivity index (χ1n) is 8.28. The van der Waals surface area contributed by atoms with E-state index in [-0.39, 0.29) is 18.4 Å². The molecule has 0 aliphatic carbocycles. The molecule has 2 atom stereocenters. The van der Waals surface area contributed by atoms with Crippen LogP contribution in [0.2, 0.25) is 0 Å². The van der Waals surface area contributed by atoms with Crippen molar-refractivity contribution in [3.8, 4) is 0 Å². The number of aryl methyl sites for hydroxylation is 1. The molecule has 1 fully saturated rings. The van der Waals surface area contributed by atoms with Gasteiger partial charge in [-0.2, -0.15) is 0 Å². The smallest absolute Gasteiger partial charge is 0.242 e. The van der Waals surface area contributed by atoms with Crippen molar-refractivity contribution < 1.29 is 9.59 Å². The van der Waals surface area contributed by atoms with E-state index in [1.54, 1.807) is 16.2 Å². The van der Waals surface area contributed by atoms with E-state index in [1.807, 2.05) is 16.3 Å². The number of carbonyl (C=O) groups excluding carboxylic acids is 2. The fourth-order valence-corrected chi connectivity index (χ4v) is 4.59. The van der Waals surface area contributed by atoms with Crippen LogP contribution < -0.4 is 4.90 Å². The van der Waals surface area contributed by atoms with Crippen LogP contribution >= 0.6 is 11.3 Å². The lowest BCUT2D eigenvalue weighted by atomic mass is 10.1. The Bertz CT molecular complexity index is 598. The first-order chi connectivity index (χ1) is 11.0. The fourth-order valence-electron chi connectivity index (χ4n) is 3.66.